The molecular formula is C15H27N3O. The predicted molar refractivity (Wildman–Crippen MR) is 79.2 cm³/mol. The number of likely N-dealkylation sites (N-methyl/N-ethyl adjacent to an activating group) is 1. The summed E-state index contributed by atoms with van der Waals surface area (Å²) in [5.74, 6) is 0. The first-order valence-corrected chi connectivity index (χ1v) is 6.93. The minimum absolute atomic E-state index is 0.394. The summed E-state index contributed by atoms with van der Waals surface area (Å²) in [5.41, 5.74) is 0.387. The molecule has 0 fully saturated rings. The highest BCUT2D eigenvalue weighted by Gasteiger charge is 2.22. The predicted octanol–water partition coefficient (Wildman–Crippen LogP) is 1.30. The monoisotopic (exact) mass is 265 g/mol. The van der Waals surface area contributed by atoms with Gasteiger partial charge in [-0.1, -0.05) is 19.9 Å². The highest BCUT2D eigenvalue weighted by atomic mass is 16.3. The lowest BCUT2D eigenvalue weighted by Crippen LogP contribution is -2.48. The van der Waals surface area contributed by atoms with Crippen LogP contribution in [0.5, 0.6) is 0 Å². The van der Waals surface area contributed by atoms with E-state index in [0.29, 0.717) is 19.1 Å². The summed E-state index contributed by atoms with van der Waals surface area (Å²) in [4.78, 5) is 6.45. The van der Waals surface area contributed by atoms with Gasteiger partial charge in [0, 0.05) is 44.0 Å². The molecule has 108 valence electrons. The maximum atomic E-state index is 10.3. The molecule has 0 aliphatic carbocycles. The zero-order valence-electron chi connectivity index (χ0n) is 12.6. The Labute approximate surface area is 116 Å². The molecule has 0 aliphatic rings. The van der Waals surface area contributed by atoms with Crippen molar-refractivity contribution < 1.29 is 5.11 Å². The first-order chi connectivity index (χ1) is 8.89. The van der Waals surface area contributed by atoms with Gasteiger partial charge in [0.25, 0.3) is 0 Å². The number of rotatable bonds is 8. The third-order valence-electron chi connectivity index (χ3n) is 2.98. The average molecular weight is 265 g/mol. The normalized spacial score (nSPS) is 14.9. The minimum Gasteiger partial charge on any atom is -0.388 e. The highest BCUT2D eigenvalue weighted by Crippen LogP contribution is 2.05. The van der Waals surface area contributed by atoms with Crippen molar-refractivity contribution in [3.05, 3.63) is 30.1 Å². The first kappa shape index (κ1) is 16.1. The van der Waals surface area contributed by atoms with Crippen LogP contribution in [0.15, 0.2) is 24.4 Å². The van der Waals surface area contributed by atoms with Crippen molar-refractivity contribution in [3.63, 3.8) is 0 Å². The average Bonchev–Trinajstić information content (AvgIpc) is 2.35. The number of nitrogens with one attached hydrogen (secondary N) is 1. The molecule has 1 aromatic heterocycles. The molecule has 1 unspecified atom stereocenters. The Morgan fingerprint density at radius 3 is 2.74 bits per heavy atom. The summed E-state index contributed by atoms with van der Waals surface area (Å²) in [6.07, 6.45) is 2.73. The summed E-state index contributed by atoms with van der Waals surface area (Å²) in [6, 6.07) is 6.36. The molecule has 0 radical (unpaired) electrons. The van der Waals surface area contributed by atoms with E-state index in [4.69, 9.17) is 0 Å². The highest BCUT2D eigenvalue weighted by molar-refractivity contribution is 5.03. The van der Waals surface area contributed by atoms with E-state index in [9.17, 15) is 5.11 Å². The summed E-state index contributed by atoms with van der Waals surface area (Å²) in [6.45, 7) is 8.20. The SMILES string of the molecule is CC(C)NCC(C)(O)CN(C)CCc1ccccn1. The van der Waals surface area contributed by atoms with Gasteiger partial charge in [-0.25, -0.2) is 0 Å². The Morgan fingerprint density at radius 2 is 2.16 bits per heavy atom. The molecular weight excluding hydrogens is 238 g/mol. The van der Waals surface area contributed by atoms with Crippen molar-refractivity contribution in [2.75, 3.05) is 26.7 Å². The van der Waals surface area contributed by atoms with E-state index in [1.54, 1.807) is 0 Å². The van der Waals surface area contributed by atoms with Gasteiger partial charge in [-0.2, -0.15) is 0 Å². The second-order valence-electron chi connectivity index (χ2n) is 5.84. The lowest BCUT2D eigenvalue weighted by atomic mass is 10.1. The zero-order chi connectivity index (χ0) is 14.3. The Balaban J connectivity index is 2.31. The second-order valence-corrected chi connectivity index (χ2v) is 5.84. The summed E-state index contributed by atoms with van der Waals surface area (Å²) < 4.78 is 0. The molecule has 1 aromatic rings. The lowest BCUT2D eigenvalue weighted by Gasteiger charge is -2.30. The van der Waals surface area contributed by atoms with E-state index in [-0.39, 0.29) is 0 Å². The molecule has 0 amide bonds. The summed E-state index contributed by atoms with van der Waals surface area (Å²) in [5, 5.41) is 13.6. The fraction of sp³-hybridized carbons (Fsp3) is 0.667. The molecule has 0 aromatic carbocycles. The van der Waals surface area contributed by atoms with Gasteiger partial charge in [0.1, 0.15) is 0 Å². The van der Waals surface area contributed by atoms with Crippen LogP contribution in [0.2, 0.25) is 0 Å². The van der Waals surface area contributed by atoms with Gasteiger partial charge in [0.2, 0.25) is 0 Å². The maximum Gasteiger partial charge on any atom is 0.0869 e. The van der Waals surface area contributed by atoms with Gasteiger partial charge in [-0.05, 0) is 26.1 Å². The Morgan fingerprint density at radius 1 is 1.42 bits per heavy atom. The number of hydrogen-bond acceptors (Lipinski definition) is 4. The number of hydrogen-bond donors (Lipinski definition) is 2. The van der Waals surface area contributed by atoms with E-state index in [0.717, 1.165) is 18.7 Å². The topological polar surface area (TPSA) is 48.4 Å². The van der Waals surface area contributed by atoms with E-state index < -0.39 is 5.60 Å². The molecule has 4 nitrogen and oxygen atoms in total. The van der Waals surface area contributed by atoms with Crippen molar-refractivity contribution in [2.24, 2.45) is 0 Å². The fourth-order valence-electron chi connectivity index (χ4n) is 1.99. The van der Waals surface area contributed by atoms with E-state index in [2.05, 4.69) is 29.0 Å². The third-order valence-corrected chi connectivity index (χ3v) is 2.98. The molecule has 0 saturated heterocycles. The van der Waals surface area contributed by atoms with Crippen LogP contribution in [0.25, 0.3) is 0 Å². The standard InChI is InChI=1S/C15H27N3O/c1-13(2)17-11-15(3,19)12-18(4)10-8-14-7-5-6-9-16-14/h5-7,9,13,17,19H,8,10-12H2,1-4H3. The summed E-state index contributed by atoms with van der Waals surface area (Å²) >= 11 is 0. The molecule has 0 saturated carbocycles. The van der Waals surface area contributed by atoms with Gasteiger partial charge in [0.15, 0.2) is 0 Å². The van der Waals surface area contributed by atoms with Crippen molar-refractivity contribution >= 4 is 0 Å². The van der Waals surface area contributed by atoms with Crippen LogP contribution >= 0.6 is 0 Å². The van der Waals surface area contributed by atoms with E-state index in [1.807, 2.05) is 38.4 Å². The third kappa shape index (κ3) is 7.25. The van der Waals surface area contributed by atoms with E-state index in [1.165, 1.54) is 0 Å². The molecule has 0 bridgehead atoms. The van der Waals surface area contributed by atoms with Crippen LogP contribution in [-0.4, -0.2) is 53.3 Å². The van der Waals surface area contributed by atoms with Gasteiger partial charge in [-0.3, -0.25) is 4.98 Å². The molecule has 1 heterocycles. The molecule has 0 spiro atoms. The zero-order valence-corrected chi connectivity index (χ0v) is 12.6. The van der Waals surface area contributed by atoms with Crippen molar-refractivity contribution in [2.45, 2.75) is 38.8 Å². The molecule has 19 heavy (non-hydrogen) atoms. The largest absolute Gasteiger partial charge is 0.388 e. The quantitative estimate of drug-likeness (QED) is 0.744. The Bertz CT molecular complexity index is 352. The molecule has 4 heteroatoms. The number of pyridine rings is 1. The molecule has 2 N–H and O–H groups in total. The maximum absolute atomic E-state index is 10.3. The smallest absolute Gasteiger partial charge is 0.0869 e. The van der Waals surface area contributed by atoms with Gasteiger partial charge in [0.05, 0.1) is 5.60 Å². The Kier molecular flexibility index (Phi) is 6.42. The van der Waals surface area contributed by atoms with Crippen molar-refractivity contribution in [1.29, 1.82) is 0 Å². The van der Waals surface area contributed by atoms with Crippen molar-refractivity contribution in [3.8, 4) is 0 Å². The van der Waals surface area contributed by atoms with Crippen LogP contribution in [0, 0.1) is 0 Å². The van der Waals surface area contributed by atoms with Crippen LogP contribution < -0.4 is 5.32 Å². The van der Waals surface area contributed by atoms with Crippen molar-refractivity contribution in [1.82, 2.24) is 15.2 Å². The lowest BCUT2D eigenvalue weighted by molar-refractivity contribution is 0.0261. The minimum atomic E-state index is -0.705. The van der Waals surface area contributed by atoms with Gasteiger partial charge >= 0.3 is 0 Å². The summed E-state index contributed by atoms with van der Waals surface area (Å²) in [7, 11) is 2.03. The van der Waals surface area contributed by atoms with Crippen LogP contribution in [0.1, 0.15) is 26.5 Å². The van der Waals surface area contributed by atoms with E-state index >= 15 is 0 Å². The van der Waals surface area contributed by atoms with Gasteiger partial charge < -0.3 is 15.3 Å². The first-order valence-electron chi connectivity index (χ1n) is 6.93. The van der Waals surface area contributed by atoms with Crippen LogP contribution in [-0.2, 0) is 6.42 Å². The van der Waals surface area contributed by atoms with Crippen LogP contribution in [0.4, 0.5) is 0 Å². The molecule has 0 aliphatic heterocycles. The molecule has 1 rings (SSSR count). The van der Waals surface area contributed by atoms with Crippen LogP contribution in [0.3, 0.4) is 0 Å². The number of aliphatic hydroxyl groups is 1. The number of nitrogens with zero attached hydrogens (tertiary/aromatic N) is 2. The Hall–Kier alpha value is -0.970. The molecule has 1 atom stereocenters. The van der Waals surface area contributed by atoms with Gasteiger partial charge in [-0.15, -0.1) is 0 Å². The number of aromatic nitrogens is 1. The second kappa shape index (κ2) is 7.58. The fourth-order valence-corrected chi connectivity index (χ4v) is 1.99.